The van der Waals surface area contributed by atoms with Gasteiger partial charge in [-0.15, -0.1) is 0 Å². The van der Waals surface area contributed by atoms with E-state index in [-0.39, 0.29) is 31.2 Å². The third-order valence-corrected chi connectivity index (χ3v) is 9.57. The number of nitrogens with zero attached hydrogens (tertiary/aromatic N) is 5. The van der Waals surface area contributed by atoms with Crippen molar-refractivity contribution in [2.75, 3.05) is 32.7 Å². The van der Waals surface area contributed by atoms with Crippen LogP contribution in [0.15, 0.2) is 77.9 Å². The standard InChI is InChI=1S/C32H37N5O5/c38-28-19-26(24-9-3-1-4-10-24)33-23-36(28)22-32(42)15-16-35(21-31(32)13-7-8-14-31)29(39)37-18-17-34(30(40)41)20-27(37)25-11-5-2-6-12-25/h1-6,9-12,19,23,27,42H,7-8,13-18,20-22H2,(H,40,41)/t27-,32-/m1/s1. The maximum absolute atomic E-state index is 14.1. The van der Waals surface area contributed by atoms with Gasteiger partial charge in [0, 0.05) is 49.8 Å². The van der Waals surface area contributed by atoms with Crippen LogP contribution in [0, 0.1) is 5.41 Å². The van der Waals surface area contributed by atoms with Crippen molar-refractivity contribution in [3.05, 3.63) is 89.0 Å². The molecule has 3 amide bonds. The van der Waals surface area contributed by atoms with Crippen molar-refractivity contribution in [1.82, 2.24) is 24.3 Å². The molecule has 6 rings (SSSR count). The van der Waals surface area contributed by atoms with Crippen LogP contribution in [0.3, 0.4) is 0 Å². The van der Waals surface area contributed by atoms with Gasteiger partial charge in [-0.25, -0.2) is 14.6 Å². The van der Waals surface area contributed by atoms with Gasteiger partial charge in [0.2, 0.25) is 0 Å². The van der Waals surface area contributed by atoms with Gasteiger partial charge < -0.3 is 24.9 Å². The Balaban J connectivity index is 1.23. The van der Waals surface area contributed by atoms with Gasteiger partial charge in [-0.1, -0.05) is 73.5 Å². The maximum atomic E-state index is 14.1. The zero-order valence-electron chi connectivity index (χ0n) is 23.6. The molecule has 1 aliphatic carbocycles. The third kappa shape index (κ3) is 5.15. The molecule has 3 aliphatic rings. The number of piperidine rings is 1. The first-order valence-corrected chi connectivity index (χ1v) is 14.7. The molecule has 2 aromatic carbocycles. The summed E-state index contributed by atoms with van der Waals surface area (Å²) in [6.45, 7) is 1.63. The molecule has 0 radical (unpaired) electrons. The second-order valence-corrected chi connectivity index (χ2v) is 11.9. The van der Waals surface area contributed by atoms with Crippen molar-refractivity contribution in [2.45, 2.75) is 50.3 Å². The van der Waals surface area contributed by atoms with E-state index in [4.69, 9.17) is 0 Å². The Bertz CT molecular complexity index is 1490. The molecule has 1 spiro atoms. The highest BCUT2D eigenvalue weighted by Gasteiger charge is 2.56. The lowest BCUT2D eigenvalue weighted by Crippen LogP contribution is -2.64. The first-order valence-electron chi connectivity index (χ1n) is 14.7. The first kappa shape index (κ1) is 28.0. The first-order chi connectivity index (χ1) is 20.3. The molecule has 42 heavy (non-hydrogen) atoms. The van der Waals surface area contributed by atoms with Crippen LogP contribution in [0.1, 0.15) is 43.7 Å². The zero-order chi connectivity index (χ0) is 29.3. The largest absolute Gasteiger partial charge is 0.465 e. The molecule has 10 heteroatoms. The summed E-state index contributed by atoms with van der Waals surface area (Å²) < 4.78 is 1.50. The Morgan fingerprint density at radius 2 is 1.60 bits per heavy atom. The summed E-state index contributed by atoms with van der Waals surface area (Å²) in [5.74, 6) is 0. The van der Waals surface area contributed by atoms with Gasteiger partial charge in [-0.2, -0.15) is 0 Å². The van der Waals surface area contributed by atoms with Crippen molar-refractivity contribution in [3.8, 4) is 11.3 Å². The van der Waals surface area contributed by atoms with Crippen molar-refractivity contribution in [1.29, 1.82) is 0 Å². The lowest BCUT2D eigenvalue weighted by molar-refractivity contribution is -0.137. The minimum atomic E-state index is -1.17. The van der Waals surface area contributed by atoms with E-state index in [2.05, 4.69) is 4.98 Å². The smallest absolute Gasteiger partial charge is 0.407 e. The van der Waals surface area contributed by atoms with E-state index >= 15 is 0 Å². The number of rotatable bonds is 4. The van der Waals surface area contributed by atoms with Crippen LogP contribution in [-0.2, 0) is 6.54 Å². The van der Waals surface area contributed by atoms with Crippen molar-refractivity contribution < 1.29 is 19.8 Å². The second-order valence-electron chi connectivity index (χ2n) is 11.9. The number of benzene rings is 2. The Morgan fingerprint density at radius 1 is 0.905 bits per heavy atom. The van der Waals surface area contributed by atoms with Crippen LogP contribution in [-0.4, -0.2) is 84.9 Å². The van der Waals surface area contributed by atoms with Gasteiger partial charge in [-0.05, 0) is 24.8 Å². The van der Waals surface area contributed by atoms with Crippen LogP contribution >= 0.6 is 0 Å². The minimum Gasteiger partial charge on any atom is -0.465 e. The Hall–Kier alpha value is -4.18. The SMILES string of the molecule is O=C(O)N1CCN(C(=O)N2CC[C@@](O)(Cn3cnc(-c4ccccc4)cc3=O)C3(CCCC3)C2)[C@@H](c2ccccc2)C1. The Labute approximate surface area is 244 Å². The van der Waals surface area contributed by atoms with Gasteiger partial charge in [0.15, 0.2) is 0 Å². The van der Waals surface area contributed by atoms with Crippen LogP contribution in [0.2, 0.25) is 0 Å². The van der Waals surface area contributed by atoms with E-state index in [0.717, 1.165) is 36.8 Å². The summed E-state index contributed by atoms with van der Waals surface area (Å²) in [7, 11) is 0. The predicted molar refractivity (Wildman–Crippen MR) is 157 cm³/mol. The fourth-order valence-electron chi connectivity index (χ4n) is 7.18. The number of amides is 3. The van der Waals surface area contributed by atoms with E-state index < -0.39 is 23.2 Å². The summed E-state index contributed by atoms with van der Waals surface area (Å²) in [5.41, 5.74) is 0.427. The van der Waals surface area contributed by atoms with Crippen molar-refractivity contribution >= 4 is 12.1 Å². The monoisotopic (exact) mass is 571 g/mol. The molecule has 10 nitrogen and oxygen atoms in total. The maximum Gasteiger partial charge on any atom is 0.407 e. The molecule has 3 aromatic rings. The number of urea groups is 1. The van der Waals surface area contributed by atoms with E-state index in [1.165, 1.54) is 21.9 Å². The summed E-state index contributed by atoms with van der Waals surface area (Å²) >= 11 is 0. The number of likely N-dealkylation sites (tertiary alicyclic amines) is 1. The van der Waals surface area contributed by atoms with Gasteiger partial charge in [-0.3, -0.25) is 9.36 Å². The average Bonchev–Trinajstić information content (AvgIpc) is 3.50. The Kier molecular flexibility index (Phi) is 7.49. The fraction of sp³-hybridized carbons (Fsp3) is 0.438. The highest BCUT2D eigenvalue weighted by atomic mass is 16.4. The van der Waals surface area contributed by atoms with Gasteiger partial charge in [0.25, 0.3) is 5.56 Å². The molecular weight excluding hydrogens is 534 g/mol. The number of aromatic nitrogens is 2. The van der Waals surface area contributed by atoms with Crippen LogP contribution in [0.4, 0.5) is 9.59 Å². The van der Waals surface area contributed by atoms with Crippen LogP contribution in [0.25, 0.3) is 11.3 Å². The lowest BCUT2D eigenvalue weighted by Gasteiger charge is -2.53. The lowest BCUT2D eigenvalue weighted by atomic mass is 9.66. The summed E-state index contributed by atoms with van der Waals surface area (Å²) in [6.07, 6.45) is 4.32. The average molecular weight is 572 g/mol. The topological polar surface area (TPSA) is 119 Å². The molecule has 2 saturated heterocycles. The molecule has 1 saturated carbocycles. The van der Waals surface area contributed by atoms with Crippen LogP contribution in [0.5, 0.6) is 0 Å². The van der Waals surface area contributed by atoms with Gasteiger partial charge in [0.05, 0.1) is 30.2 Å². The molecule has 3 fully saturated rings. The molecule has 220 valence electrons. The molecular formula is C32H37N5O5. The number of carboxylic acid groups (broad SMARTS) is 1. The summed E-state index contributed by atoms with van der Waals surface area (Å²) in [5, 5.41) is 21.9. The number of hydrogen-bond donors (Lipinski definition) is 2. The molecule has 2 atom stereocenters. The predicted octanol–water partition coefficient (Wildman–Crippen LogP) is 4.06. The molecule has 0 bridgehead atoms. The summed E-state index contributed by atoms with van der Waals surface area (Å²) in [6, 6.07) is 20.1. The fourth-order valence-corrected chi connectivity index (χ4v) is 7.18. The van der Waals surface area contributed by atoms with E-state index in [1.807, 2.05) is 65.6 Å². The third-order valence-electron chi connectivity index (χ3n) is 9.57. The molecule has 1 aromatic heterocycles. The van der Waals surface area contributed by atoms with E-state index in [9.17, 15) is 24.6 Å². The molecule has 3 heterocycles. The number of carbonyl (C=O) groups is 2. The van der Waals surface area contributed by atoms with E-state index in [1.54, 1.807) is 4.90 Å². The molecule has 2 N–H and O–H groups in total. The van der Waals surface area contributed by atoms with Gasteiger partial charge in [0.1, 0.15) is 0 Å². The minimum absolute atomic E-state index is 0.125. The van der Waals surface area contributed by atoms with E-state index in [0.29, 0.717) is 31.7 Å². The number of carbonyl (C=O) groups excluding carboxylic acids is 1. The second kappa shape index (κ2) is 11.2. The molecule has 0 unspecified atom stereocenters. The van der Waals surface area contributed by atoms with Gasteiger partial charge >= 0.3 is 12.1 Å². The quantitative estimate of drug-likeness (QED) is 0.488. The molecule has 2 aliphatic heterocycles. The normalized spacial score (nSPS) is 23.7. The highest BCUT2D eigenvalue weighted by molar-refractivity contribution is 5.76. The number of aliphatic hydroxyl groups is 1. The Morgan fingerprint density at radius 3 is 2.26 bits per heavy atom. The number of hydrogen-bond acceptors (Lipinski definition) is 5. The zero-order valence-corrected chi connectivity index (χ0v) is 23.6. The highest BCUT2D eigenvalue weighted by Crippen LogP contribution is 2.52. The van der Waals surface area contributed by atoms with Crippen LogP contribution < -0.4 is 5.56 Å². The van der Waals surface area contributed by atoms with Crippen molar-refractivity contribution in [3.63, 3.8) is 0 Å². The van der Waals surface area contributed by atoms with Crippen molar-refractivity contribution in [2.24, 2.45) is 5.41 Å². The summed E-state index contributed by atoms with van der Waals surface area (Å²) in [4.78, 5) is 48.5. The number of piperazine rings is 1.